The average molecular weight is 445 g/mol. The number of β-amino-alcohol motifs (C(OH)–C–C–N with tert-alkyl or cyclic N) is 1. The van der Waals surface area contributed by atoms with Crippen molar-refractivity contribution < 1.29 is 27.8 Å². The van der Waals surface area contributed by atoms with Crippen molar-refractivity contribution in [2.75, 3.05) is 23.3 Å². The largest absolute Gasteiger partial charge is 0.573 e. The highest BCUT2D eigenvalue weighted by Gasteiger charge is 2.31. The standard InChI is InChI=1S/C18H16BrF3N2O3/c19-15-9-11(1-6-16(15)24-8-7-13(25)10-24)17(26)23-12-2-4-14(5-3-12)27-18(20,21)22/h1-6,9,13,25H,7-8,10H2,(H,23,26)/t13-/m0/s1. The van der Waals surface area contributed by atoms with Gasteiger partial charge in [-0.05, 0) is 64.8 Å². The Bertz CT molecular complexity index is 828. The van der Waals surface area contributed by atoms with E-state index in [2.05, 4.69) is 26.0 Å². The molecule has 9 heteroatoms. The maximum absolute atomic E-state index is 12.4. The Kier molecular flexibility index (Phi) is 5.61. The molecule has 2 N–H and O–H groups in total. The summed E-state index contributed by atoms with van der Waals surface area (Å²) in [7, 11) is 0. The second kappa shape index (κ2) is 7.77. The van der Waals surface area contributed by atoms with Gasteiger partial charge >= 0.3 is 6.36 Å². The van der Waals surface area contributed by atoms with Crippen molar-refractivity contribution in [1.29, 1.82) is 0 Å². The lowest BCUT2D eigenvalue weighted by molar-refractivity contribution is -0.274. The number of hydrogen-bond acceptors (Lipinski definition) is 4. The topological polar surface area (TPSA) is 61.8 Å². The number of nitrogens with one attached hydrogen (secondary N) is 1. The van der Waals surface area contributed by atoms with Crippen LogP contribution in [0.15, 0.2) is 46.9 Å². The van der Waals surface area contributed by atoms with Gasteiger partial charge in [-0.3, -0.25) is 4.79 Å². The van der Waals surface area contributed by atoms with Crippen LogP contribution in [0.2, 0.25) is 0 Å². The smallest absolute Gasteiger partial charge is 0.406 e. The number of amides is 1. The first-order valence-corrected chi connectivity index (χ1v) is 8.90. The minimum Gasteiger partial charge on any atom is -0.406 e. The Morgan fingerprint density at radius 3 is 2.48 bits per heavy atom. The summed E-state index contributed by atoms with van der Waals surface area (Å²) in [6, 6.07) is 10.0. The summed E-state index contributed by atoms with van der Waals surface area (Å²) in [5.41, 5.74) is 1.62. The molecule has 0 aliphatic carbocycles. The third-order valence-electron chi connectivity index (χ3n) is 4.06. The van der Waals surface area contributed by atoms with E-state index in [0.717, 1.165) is 28.8 Å². The maximum atomic E-state index is 12.4. The van der Waals surface area contributed by atoms with E-state index in [-0.39, 0.29) is 11.9 Å². The zero-order chi connectivity index (χ0) is 19.6. The highest BCUT2D eigenvalue weighted by atomic mass is 79.9. The number of carbonyl (C=O) groups excluding carboxylic acids is 1. The fraction of sp³-hybridized carbons (Fsp3) is 0.278. The Morgan fingerprint density at radius 2 is 1.93 bits per heavy atom. The number of hydrogen-bond donors (Lipinski definition) is 2. The van der Waals surface area contributed by atoms with Crippen molar-refractivity contribution in [3.05, 3.63) is 52.5 Å². The van der Waals surface area contributed by atoms with Crippen molar-refractivity contribution in [2.24, 2.45) is 0 Å². The number of benzene rings is 2. The predicted octanol–water partition coefficient (Wildman–Crippen LogP) is 4.17. The van der Waals surface area contributed by atoms with Crippen LogP contribution in [0, 0.1) is 0 Å². The van der Waals surface area contributed by atoms with E-state index in [9.17, 15) is 23.1 Å². The number of rotatable bonds is 4. The normalized spacial score (nSPS) is 17.1. The van der Waals surface area contributed by atoms with Gasteiger partial charge in [-0.1, -0.05) is 0 Å². The lowest BCUT2D eigenvalue weighted by Crippen LogP contribution is -2.21. The molecule has 1 aliphatic heterocycles. The van der Waals surface area contributed by atoms with Gasteiger partial charge in [-0.25, -0.2) is 0 Å². The van der Waals surface area contributed by atoms with Gasteiger partial charge in [-0.2, -0.15) is 0 Å². The van der Waals surface area contributed by atoms with Crippen molar-refractivity contribution in [1.82, 2.24) is 0 Å². The first kappa shape index (κ1) is 19.5. The fourth-order valence-corrected chi connectivity index (χ4v) is 3.44. The molecule has 1 atom stereocenters. The molecule has 144 valence electrons. The molecule has 3 rings (SSSR count). The lowest BCUT2D eigenvalue weighted by Gasteiger charge is -2.20. The predicted molar refractivity (Wildman–Crippen MR) is 98.1 cm³/mol. The highest BCUT2D eigenvalue weighted by Crippen LogP contribution is 2.30. The van der Waals surface area contributed by atoms with E-state index in [1.54, 1.807) is 18.2 Å². The van der Waals surface area contributed by atoms with Gasteiger partial charge in [0.1, 0.15) is 5.75 Å². The van der Waals surface area contributed by atoms with E-state index >= 15 is 0 Å². The number of ether oxygens (including phenoxy) is 1. The highest BCUT2D eigenvalue weighted by molar-refractivity contribution is 9.10. The van der Waals surface area contributed by atoms with Gasteiger partial charge in [-0.15, -0.1) is 13.2 Å². The molecular formula is C18H16BrF3N2O3. The molecular weight excluding hydrogens is 429 g/mol. The molecule has 1 saturated heterocycles. The van der Waals surface area contributed by atoms with Gasteiger partial charge in [0.05, 0.1) is 11.8 Å². The zero-order valence-electron chi connectivity index (χ0n) is 14.0. The number of aliphatic hydroxyl groups is 1. The molecule has 0 unspecified atom stereocenters. The fourth-order valence-electron chi connectivity index (χ4n) is 2.81. The first-order chi connectivity index (χ1) is 12.7. The molecule has 1 aliphatic rings. The Balaban J connectivity index is 1.66. The van der Waals surface area contributed by atoms with E-state index in [4.69, 9.17) is 0 Å². The van der Waals surface area contributed by atoms with Gasteiger partial charge in [0, 0.05) is 28.8 Å². The lowest BCUT2D eigenvalue weighted by atomic mass is 10.1. The molecule has 27 heavy (non-hydrogen) atoms. The first-order valence-electron chi connectivity index (χ1n) is 8.11. The molecule has 0 radical (unpaired) electrons. The monoisotopic (exact) mass is 444 g/mol. The third kappa shape index (κ3) is 5.14. The maximum Gasteiger partial charge on any atom is 0.573 e. The van der Waals surface area contributed by atoms with Crippen molar-refractivity contribution in [3.8, 4) is 5.75 Å². The molecule has 2 aromatic carbocycles. The quantitative estimate of drug-likeness (QED) is 0.742. The minimum atomic E-state index is -4.76. The SMILES string of the molecule is O=C(Nc1ccc(OC(F)(F)F)cc1)c1ccc(N2CC[C@H](O)C2)c(Br)c1. The van der Waals surface area contributed by atoms with Crippen LogP contribution in [0.5, 0.6) is 5.75 Å². The molecule has 0 spiro atoms. The van der Waals surface area contributed by atoms with Gasteiger partial charge in [0.2, 0.25) is 0 Å². The summed E-state index contributed by atoms with van der Waals surface area (Å²) in [5.74, 6) is -0.756. The second-order valence-electron chi connectivity index (χ2n) is 6.08. The third-order valence-corrected chi connectivity index (χ3v) is 4.69. The van der Waals surface area contributed by atoms with Crippen LogP contribution in [0.1, 0.15) is 16.8 Å². The van der Waals surface area contributed by atoms with Crippen LogP contribution >= 0.6 is 15.9 Å². The Hall–Kier alpha value is -2.26. The molecule has 5 nitrogen and oxygen atoms in total. The van der Waals surface area contributed by atoms with E-state index in [0.29, 0.717) is 24.2 Å². The molecule has 0 bridgehead atoms. The van der Waals surface area contributed by atoms with Crippen molar-refractivity contribution in [2.45, 2.75) is 18.9 Å². The summed E-state index contributed by atoms with van der Waals surface area (Å²) in [6.07, 6.45) is -4.42. The van der Waals surface area contributed by atoms with E-state index < -0.39 is 12.3 Å². The average Bonchev–Trinajstić information content (AvgIpc) is 3.01. The Morgan fingerprint density at radius 1 is 1.22 bits per heavy atom. The van der Waals surface area contributed by atoms with Crippen LogP contribution in [0.3, 0.4) is 0 Å². The summed E-state index contributed by atoms with van der Waals surface area (Å²) < 4.78 is 41.0. The van der Waals surface area contributed by atoms with Crippen LogP contribution in [-0.2, 0) is 0 Å². The van der Waals surface area contributed by atoms with Crippen LogP contribution in [-0.4, -0.2) is 36.6 Å². The molecule has 0 aromatic heterocycles. The van der Waals surface area contributed by atoms with Gasteiger partial charge in [0.25, 0.3) is 5.91 Å². The van der Waals surface area contributed by atoms with Crippen LogP contribution in [0.4, 0.5) is 24.5 Å². The summed E-state index contributed by atoms with van der Waals surface area (Å²) in [6.45, 7) is 1.27. The number of alkyl halides is 3. The number of anilines is 2. The number of aliphatic hydroxyl groups excluding tert-OH is 1. The van der Waals surface area contributed by atoms with Crippen LogP contribution < -0.4 is 15.0 Å². The molecule has 1 fully saturated rings. The van der Waals surface area contributed by atoms with Gasteiger partial charge in [0.15, 0.2) is 0 Å². The number of carbonyl (C=O) groups is 1. The summed E-state index contributed by atoms with van der Waals surface area (Å²) in [4.78, 5) is 14.4. The van der Waals surface area contributed by atoms with Crippen molar-refractivity contribution in [3.63, 3.8) is 0 Å². The van der Waals surface area contributed by atoms with Crippen molar-refractivity contribution >= 4 is 33.2 Å². The second-order valence-corrected chi connectivity index (χ2v) is 6.94. The number of nitrogens with zero attached hydrogens (tertiary/aromatic N) is 1. The zero-order valence-corrected chi connectivity index (χ0v) is 15.5. The molecule has 2 aromatic rings. The number of halogens is 4. The minimum absolute atomic E-state index is 0.345. The molecule has 1 amide bonds. The Labute approximate surface area is 161 Å². The van der Waals surface area contributed by atoms with Gasteiger partial charge < -0.3 is 20.1 Å². The van der Waals surface area contributed by atoms with E-state index in [1.165, 1.54) is 12.1 Å². The molecule has 1 heterocycles. The van der Waals surface area contributed by atoms with E-state index in [1.807, 2.05) is 4.90 Å². The summed E-state index contributed by atoms with van der Waals surface area (Å²) in [5, 5.41) is 12.3. The molecule has 0 saturated carbocycles. The summed E-state index contributed by atoms with van der Waals surface area (Å²) >= 11 is 3.44. The van der Waals surface area contributed by atoms with Crippen LogP contribution in [0.25, 0.3) is 0 Å².